The first-order valence-electron chi connectivity index (χ1n) is 10.0. The van der Waals surface area contributed by atoms with Gasteiger partial charge in [0.15, 0.2) is 5.16 Å². The Kier molecular flexibility index (Phi) is 7.05. The van der Waals surface area contributed by atoms with Crippen LogP contribution in [0.2, 0.25) is 5.02 Å². The zero-order valence-electron chi connectivity index (χ0n) is 17.0. The van der Waals surface area contributed by atoms with Gasteiger partial charge in [-0.2, -0.15) is 0 Å². The summed E-state index contributed by atoms with van der Waals surface area (Å²) < 4.78 is 1.72. The number of halogens is 1. The summed E-state index contributed by atoms with van der Waals surface area (Å²) in [6, 6.07) is 17.0. The topological polar surface area (TPSA) is 64.0 Å². The van der Waals surface area contributed by atoms with Crippen molar-refractivity contribution in [3.05, 3.63) is 81.2 Å². The standard InChI is InChI=1S/C23H22ClN3O2S2/c1-15-13-19-21(31-15)22(29)27(12-11-16-5-3-2-4-6-16)23(26-19)30-14-20(28)25-18-9-7-17(24)8-10-18/h2-10,15H,11-14H2,1H3,(H,25,28). The predicted molar refractivity (Wildman–Crippen MR) is 128 cm³/mol. The van der Waals surface area contributed by atoms with E-state index < -0.39 is 0 Å². The Morgan fingerprint density at radius 3 is 2.71 bits per heavy atom. The molecule has 0 aliphatic carbocycles. The van der Waals surface area contributed by atoms with Crippen LogP contribution >= 0.6 is 35.1 Å². The number of fused-ring (bicyclic) bond motifs is 1. The lowest BCUT2D eigenvalue weighted by atomic mass is 10.1. The molecule has 2 aromatic carbocycles. The van der Waals surface area contributed by atoms with Crippen LogP contribution in [0, 0.1) is 0 Å². The Morgan fingerprint density at radius 2 is 1.97 bits per heavy atom. The molecule has 1 unspecified atom stereocenters. The van der Waals surface area contributed by atoms with Gasteiger partial charge in [0.25, 0.3) is 5.56 Å². The molecule has 2 heterocycles. The van der Waals surface area contributed by atoms with E-state index in [2.05, 4.69) is 24.4 Å². The smallest absolute Gasteiger partial charge is 0.268 e. The molecule has 31 heavy (non-hydrogen) atoms. The molecule has 0 fully saturated rings. The summed E-state index contributed by atoms with van der Waals surface area (Å²) in [7, 11) is 0. The number of hydrogen-bond donors (Lipinski definition) is 1. The summed E-state index contributed by atoms with van der Waals surface area (Å²) in [6.45, 7) is 2.63. The number of nitrogens with one attached hydrogen (secondary N) is 1. The maximum Gasteiger partial charge on any atom is 0.268 e. The minimum absolute atomic E-state index is 0.00381. The minimum atomic E-state index is -0.153. The first-order chi connectivity index (χ1) is 15.0. The molecule has 0 radical (unpaired) electrons. The van der Waals surface area contributed by atoms with Crippen LogP contribution in [0.1, 0.15) is 18.2 Å². The highest BCUT2D eigenvalue weighted by atomic mass is 35.5. The van der Waals surface area contributed by atoms with Crippen molar-refractivity contribution in [2.24, 2.45) is 0 Å². The van der Waals surface area contributed by atoms with Crippen molar-refractivity contribution in [3.8, 4) is 0 Å². The number of nitrogens with zero attached hydrogens (tertiary/aromatic N) is 2. The Labute approximate surface area is 194 Å². The van der Waals surface area contributed by atoms with Crippen molar-refractivity contribution in [3.63, 3.8) is 0 Å². The molecule has 1 aromatic heterocycles. The van der Waals surface area contributed by atoms with Crippen LogP contribution in [0.5, 0.6) is 0 Å². The SMILES string of the molecule is CC1Cc2nc(SCC(=O)Nc3ccc(Cl)cc3)n(CCc3ccccc3)c(=O)c2S1. The summed E-state index contributed by atoms with van der Waals surface area (Å²) in [6.07, 6.45) is 1.51. The summed E-state index contributed by atoms with van der Waals surface area (Å²) in [5, 5.41) is 4.40. The number of aryl methyl sites for hydroxylation is 1. The molecule has 1 aliphatic rings. The highest BCUT2D eigenvalue weighted by Gasteiger charge is 2.26. The summed E-state index contributed by atoms with van der Waals surface area (Å²) in [4.78, 5) is 31.2. The number of thioether (sulfide) groups is 2. The van der Waals surface area contributed by atoms with Crippen molar-refractivity contribution in [1.82, 2.24) is 9.55 Å². The quantitative estimate of drug-likeness (QED) is 0.392. The minimum Gasteiger partial charge on any atom is -0.325 e. The van der Waals surface area contributed by atoms with Gasteiger partial charge >= 0.3 is 0 Å². The van der Waals surface area contributed by atoms with E-state index in [1.54, 1.807) is 40.6 Å². The molecule has 3 aromatic rings. The van der Waals surface area contributed by atoms with Crippen molar-refractivity contribution < 1.29 is 4.79 Å². The van der Waals surface area contributed by atoms with Crippen LogP contribution in [0.4, 0.5) is 5.69 Å². The van der Waals surface area contributed by atoms with Crippen LogP contribution in [0.15, 0.2) is 69.4 Å². The molecule has 1 atom stereocenters. The molecule has 0 saturated heterocycles. The van der Waals surface area contributed by atoms with Crippen molar-refractivity contribution in [2.45, 2.75) is 41.6 Å². The molecule has 8 heteroatoms. The third-order valence-electron chi connectivity index (χ3n) is 4.89. The lowest BCUT2D eigenvalue weighted by Crippen LogP contribution is -2.27. The highest BCUT2D eigenvalue weighted by Crippen LogP contribution is 2.34. The van der Waals surface area contributed by atoms with Gasteiger partial charge in [-0.3, -0.25) is 14.2 Å². The fraction of sp³-hybridized carbons (Fsp3) is 0.261. The molecule has 0 bridgehead atoms. The zero-order valence-corrected chi connectivity index (χ0v) is 19.4. The van der Waals surface area contributed by atoms with Gasteiger partial charge in [-0.05, 0) is 36.2 Å². The second kappa shape index (κ2) is 9.94. The molecular weight excluding hydrogens is 450 g/mol. The largest absolute Gasteiger partial charge is 0.325 e. The van der Waals surface area contributed by atoms with Crippen LogP contribution in [-0.4, -0.2) is 26.5 Å². The molecule has 4 rings (SSSR count). The number of aromatic nitrogens is 2. The summed E-state index contributed by atoms with van der Waals surface area (Å²) >= 11 is 8.79. The Hall–Kier alpha value is -2.22. The molecule has 1 N–H and O–H groups in total. The predicted octanol–water partition coefficient (Wildman–Crippen LogP) is 4.91. The molecule has 0 spiro atoms. The summed E-state index contributed by atoms with van der Waals surface area (Å²) in [5.41, 5.74) is 2.69. The van der Waals surface area contributed by atoms with Gasteiger partial charge in [-0.25, -0.2) is 4.98 Å². The second-order valence-electron chi connectivity index (χ2n) is 7.34. The molecule has 160 valence electrons. The van der Waals surface area contributed by atoms with E-state index in [1.807, 2.05) is 18.2 Å². The van der Waals surface area contributed by atoms with Gasteiger partial charge in [0.1, 0.15) is 0 Å². The Bertz CT molecular complexity index is 1130. The zero-order chi connectivity index (χ0) is 21.8. The fourth-order valence-corrected chi connectivity index (χ4v) is 5.47. The van der Waals surface area contributed by atoms with Gasteiger partial charge in [-0.15, -0.1) is 11.8 Å². The van der Waals surface area contributed by atoms with E-state index in [0.29, 0.717) is 27.7 Å². The van der Waals surface area contributed by atoms with Gasteiger partial charge in [-0.1, -0.05) is 60.6 Å². The lowest BCUT2D eigenvalue weighted by molar-refractivity contribution is -0.113. The average molecular weight is 472 g/mol. The van der Waals surface area contributed by atoms with Crippen LogP contribution < -0.4 is 10.9 Å². The van der Waals surface area contributed by atoms with Crippen LogP contribution in [-0.2, 0) is 24.2 Å². The van der Waals surface area contributed by atoms with E-state index in [9.17, 15) is 9.59 Å². The van der Waals surface area contributed by atoms with Gasteiger partial charge in [0.2, 0.25) is 5.91 Å². The van der Waals surface area contributed by atoms with E-state index in [-0.39, 0.29) is 17.2 Å². The average Bonchev–Trinajstić information content (AvgIpc) is 3.14. The molecule has 0 saturated carbocycles. The van der Waals surface area contributed by atoms with Crippen LogP contribution in [0.25, 0.3) is 0 Å². The van der Waals surface area contributed by atoms with Gasteiger partial charge in [0.05, 0.1) is 16.3 Å². The second-order valence-corrected chi connectivity index (χ2v) is 10.2. The van der Waals surface area contributed by atoms with Crippen molar-refractivity contribution >= 4 is 46.7 Å². The van der Waals surface area contributed by atoms with E-state index in [0.717, 1.165) is 29.0 Å². The van der Waals surface area contributed by atoms with Crippen LogP contribution in [0.3, 0.4) is 0 Å². The van der Waals surface area contributed by atoms with Crippen molar-refractivity contribution in [2.75, 3.05) is 11.1 Å². The third kappa shape index (κ3) is 5.53. The molecule has 1 amide bonds. The number of carbonyl (C=O) groups is 1. The maximum atomic E-state index is 13.2. The summed E-state index contributed by atoms with van der Waals surface area (Å²) in [5.74, 6) is 0.0152. The Morgan fingerprint density at radius 1 is 1.23 bits per heavy atom. The van der Waals surface area contributed by atoms with Crippen molar-refractivity contribution in [1.29, 1.82) is 0 Å². The first-order valence-corrected chi connectivity index (χ1v) is 12.3. The number of carbonyl (C=O) groups excluding carboxylic acids is 1. The molecule has 5 nitrogen and oxygen atoms in total. The first kappa shape index (κ1) is 22.0. The number of anilines is 1. The number of benzene rings is 2. The number of hydrogen-bond acceptors (Lipinski definition) is 5. The number of amides is 1. The van der Waals surface area contributed by atoms with Gasteiger partial charge < -0.3 is 5.32 Å². The number of rotatable bonds is 7. The molecular formula is C23H22ClN3O2S2. The maximum absolute atomic E-state index is 13.2. The van der Waals surface area contributed by atoms with E-state index in [4.69, 9.17) is 16.6 Å². The fourth-order valence-electron chi connectivity index (χ4n) is 3.38. The third-order valence-corrected chi connectivity index (χ3v) is 7.33. The van der Waals surface area contributed by atoms with E-state index >= 15 is 0 Å². The van der Waals surface area contributed by atoms with E-state index in [1.165, 1.54) is 11.8 Å². The molecule has 1 aliphatic heterocycles. The lowest BCUT2D eigenvalue weighted by Gasteiger charge is -2.14. The normalized spacial score (nSPS) is 15.0. The Balaban J connectivity index is 1.51. The highest BCUT2D eigenvalue weighted by molar-refractivity contribution is 8.00. The monoisotopic (exact) mass is 471 g/mol. The van der Waals surface area contributed by atoms with Gasteiger partial charge in [0, 0.05) is 28.9 Å².